The topological polar surface area (TPSA) is 42.4 Å². The van der Waals surface area contributed by atoms with Crippen LogP contribution in [0.3, 0.4) is 0 Å². The summed E-state index contributed by atoms with van der Waals surface area (Å²) in [6.45, 7) is 2.58. The van der Waals surface area contributed by atoms with Gasteiger partial charge in [-0.25, -0.2) is 4.98 Å². The molecule has 1 unspecified atom stereocenters. The maximum absolute atomic E-state index is 12.7. The van der Waals surface area contributed by atoms with Crippen molar-refractivity contribution in [3.05, 3.63) is 54.2 Å². The zero-order valence-corrected chi connectivity index (χ0v) is 14.0. The zero-order valence-electron chi connectivity index (χ0n) is 13.1. The minimum Gasteiger partial charge on any atom is -0.473 e. The van der Waals surface area contributed by atoms with Crippen LogP contribution in [0.15, 0.2) is 48.7 Å². The lowest BCUT2D eigenvalue weighted by Crippen LogP contribution is -2.30. The number of ether oxygens (including phenoxy) is 1. The molecule has 1 atom stereocenters. The molecule has 1 aromatic carbocycles. The third kappa shape index (κ3) is 3.85. The van der Waals surface area contributed by atoms with Gasteiger partial charge in [0.25, 0.3) is 5.91 Å². The Bertz CT molecular complexity index is 640. The van der Waals surface area contributed by atoms with Gasteiger partial charge < -0.3 is 9.64 Å². The number of nitrogens with zero attached hydrogens (tertiary/aromatic N) is 2. The molecule has 1 fully saturated rings. The maximum atomic E-state index is 12.7. The molecular weight excluding hydrogens is 308 g/mol. The van der Waals surface area contributed by atoms with E-state index in [0.29, 0.717) is 18.0 Å². The summed E-state index contributed by atoms with van der Waals surface area (Å²) < 4.78 is 5.82. The fourth-order valence-corrected chi connectivity index (χ4v) is 3.65. The molecule has 1 aliphatic rings. The van der Waals surface area contributed by atoms with Crippen molar-refractivity contribution in [2.24, 2.45) is 0 Å². The van der Waals surface area contributed by atoms with Crippen LogP contribution in [-0.2, 0) is 0 Å². The summed E-state index contributed by atoms with van der Waals surface area (Å²) >= 11 is 1.90. The van der Waals surface area contributed by atoms with Gasteiger partial charge in [0.05, 0.1) is 5.56 Å². The van der Waals surface area contributed by atoms with E-state index in [1.165, 1.54) is 0 Å². The largest absolute Gasteiger partial charge is 0.473 e. The number of anilines is 1. The second-order valence-corrected chi connectivity index (χ2v) is 6.52. The van der Waals surface area contributed by atoms with Crippen molar-refractivity contribution < 1.29 is 9.53 Å². The normalized spacial score (nSPS) is 17.0. The lowest BCUT2D eigenvalue weighted by atomic mass is 10.2. The number of thioether (sulfide) groups is 1. The maximum Gasteiger partial charge on any atom is 0.259 e. The number of carbonyl (C=O) groups excluding carboxylic acids is 1. The number of carbonyl (C=O) groups is 1. The van der Waals surface area contributed by atoms with Gasteiger partial charge in [-0.2, -0.15) is 11.8 Å². The van der Waals surface area contributed by atoms with Crippen LogP contribution >= 0.6 is 11.8 Å². The minimum atomic E-state index is -0.0471. The van der Waals surface area contributed by atoms with E-state index in [0.717, 1.165) is 23.6 Å². The van der Waals surface area contributed by atoms with Crippen LogP contribution in [0, 0.1) is 0 Å². The zero-order chi connectivity index (χ0) is 16.1. The highest BCUT2D eigenvalue weighted by atomic mass is 32.2. The van der Waals surface area contributed by atoms with Gasteiger partial charge in [0, 0.05) is 30.2 Å². The third-order valence-electron chi connectivity index (χ3n) is 3.79. The second kappa shape index (κ2) is 7.51. The van der Waals surface area contributed by atoms with Crippen LogP contribution in [-0.4, -0.2) is 35.0 Å². The van der Waals surface area contributed by atoms with Crippen molar-refractivity contribution >= 4 is 23.4 Å². The summed E-state index contributed by atoms with van der Waals surface area (Å²) in [5, 5.41) is 0. The molecule has 3 rings (SSSR count). The summed E-state index contributed by atoms with van der Waals surface area (Å²) in [6, 6.07) is 13.2. The van der Waals surface area contributed by atoms with Crippen molar-refractivity contribution in [1.82, 2.24) is 4.98 Å². The van der Waals surface area contributed by atoms with Crippen LogP contribution in [0.5, 0.6) is 5.88 Å². The predicted molar refractivity (Wildman–Crippen MR) is 94.4 cm³/mol. The molecule has 2 heterocycles. The van der Waals surface area contributed by atoms with E-state index in [1.807, 2.05) is 49.0 Å². The summed E-state index contributed by atoms with van der Waals surface area (Å²) in [5.74, 6) is 2.70. The number of para-hydroxylation sites is 1. The first kappa shape index (κ1) is 15.9. The molecule has 0 bridgehead atoms. The Morgan fingerprint density at radius 3 is 2.74 bits per heavy atom. The highest BCUT2D eigenvalue weighted by molar-refractivity contribution is 7.99. The molecule has 2 aromatic rings. The first-order valence-corrected chi connectivity index (χ1v) is 9.00. The van der Waals surface area contributed by atoms with Gasteiger partial charge in [0.15, 0.2) is 0 Å². The van der Waals surface area contributed by atoms with Crippen LogP contribution in [0.4, 0.5) is 5.69 Å². The molecule has 1 amide bonds. The molecule has 0 spiro atoms. The Kier molecular flexibility index (Phi) is 5.18. The van der Waals surface area contributed by atoms with Gasteiger partial charge in [-0.15, -0.1) is 0 Å². The molecule has 1 saturated heterocycles. The summed E-state index contributed by atoms with van der Waals surface area (Å²) in [7, 11) is 0. The van der Waals surface area contributed by atoms with Gasteiger partial charge >= 0.3 is 0 Å². The van der Waals surface area contributed by atoms with E-state index in [2.05, 4.69) is 4.98 Å². The lowest BCUT2D eigenvalue weighted by molar-refractivity contribution is 0.0988. The molecule has 5 heteroatoms. The monoisotopic (exact) mass is 328 g/mol. The van der Waals surface area contributed by atoms with Gasteiger partial charge in [-0.05, 0) is 37.3 Å². The van der Waals surface area contributed by atoms with Crippen LogP contribution in [0.1, 0.15) is 23.7 Å². The molecule has 0 N–H and O–H groups in total. The van der Waals surface area contributed by atoms with E-state index in [9.17, 15) is 4.79 Å². The van der Waals surface area contributed by atoms with E-state index in [4.69, 9.17) is 4.74 Å². The third-order valence-corrected chi connectivity index (χ3v) is 4.92. The van der Waals surface area contributed by atoms with E-state index in [1.54, 1.807) is 23.2 Å². The van der Waals surface area contributed by atoms with Gasteiger partial charge in [-0.1, -0.05) is 18.2 Å². The number of amides is 1. The number of rotatable bonds is 5. The SMILES string of the molecule is CCN(C(=O)c1ccc(OC2CCSC2)nc1)c1ccccc1. The van der Waals surface area contributed by atoms with Crippen molar-refractivity contribution in [3.63, 3.8) is 0 Å². The molecule has 4 nitrogen and oxygen atoms in total. The Balaban J connectivity index is 1.71. The van der Waals surface area contributed by atoms with Gasteiger partial charge in [-0.3, -0.25) is 4.79 Å². The molecule has 0 aliphatic carbocycles. The van der Waals surface area contributed by atoms with Gasteiger partial charge in [0.1, 0.15) is 6.10 Å². The molecule has 1 aromatic heterocycles. The van der Waals surface area contributed by atoms with Crippen molar-refractivity contribution in [3.8, 4) is 5.88 Å². The molecule has 120 valence electrons. The van der Waals surface area contributed by atoms with E-state index in [-0.39, 0.29) is 12.0 Å². The Morgan fingerprint density at radius 2 is 2.13 bits per heavy atom. The Labute approximate surface area is 140 Å². The van der Waals surface area contributed by atoms with E-state index < -0.39 is 0 Å². The average molecular weight is 328 g/mol. The number of aromatic nitrogens is 1. The van der Waals surface area contributed by atoms with Crippen molar-refractivity contribution in [2.75, 3.05) is 23.0 Å². The molecule has 0 radical (unpaired) electrons. The summed E-state index contributed by atoms with van der Waals surface area (Å²) in [5.41, 5.74) is 1.46. The number of hydrogen-bond donors (Lipinski definition) is 0. The molecule has 0 saturated carbocycles. The highest BCUT2D eigenvalue weighted by Crippen LogP contribution is 2.22. The Morgan fingerprint density at radius 1 is 1.30 bits per heavy atom. The van der Waals surface area contributed by atoms with Crippen LogP contribution < -0.4 is 9.64 Å². The van der Waals surface area contributed by atoms with Crippen molar-refractivity contribution in [1.29, 1.82) is 0 Å². The fourth-order valence-electron chi connectivity index (χ4n) is 2.56. The Hall–Kier alpha value is -2.01. The number of pyridine rings is 1. The van der Waals surface area contributed by atoms with E-state index >= 15 is 0 Å². The first-order chi connectivity index (χ1) is 11.3. The van der Waals surface area contributed by atoms with Crippen LogP contribution in [0.25, 0.3) is 0 Å². The quantitative estimate of drug-likeness (QED) is 0.840. The smallest absolute Gasteiger partial charge is 0.259 e. The van der Waals surface area contributed by atoms with Crippen molar-refractivity contribution in [2.45, 2.75) is 19.4 Å². The number of benzene rings is 1. The minimum absolute atomic E-state index is 0.0471. The first-order valence-electron chi connectivity index (χ1n) is 7.85. The molecular formula is C18H20N2O2S. The van der Waals surface area contributed by atoms with Gasteiger partial charge in [0.2, 0.25) is 5.88 Å². The second-order valence-electron chi connectivity index (χ2n) is 5.37. The standard InChI is InChI=1S/C18H20N2O2S/c1-2-20(15-6-4-3-5-7-15)18(21)14-8-9-17(19-12-14)22-16-10-11-23-13-16/h3-9,12,16H,2,10-11,13H2,1H3. The van der Waals surface area contributed by atoms with Crippen LogP contribution in [0.2, 0.25) is 0 Å². The average Bonchev–Trinajstić information content (AvgIpc) is 3.10. The highest BCUT2D eigenvalue weighted by Gasteiger charge is 2.19. The fraction of sp³-hybridized carbons (Fsp3) is 0.333. The summed E-state index contributed by atoms with van der Waals surface area (Å²) in [6.07, 6.45) is 2.90. The summed E-state index contributed by atoms with van der Waals surface area (Å²) in [4.78, 5) is 18.7. The molecule has 1 aliphatic heterocycles. The predicted octanol–water partition coefficient (Wildman–Crippen LogP) is 3.63. The molecule has 23 heavy (non-hydrogen) atoms. The lowest BCUT2D eigenvalue weighted by Gasteiger charge is -2.21. The number of hydrogen-bond acceptors (Lipinski definition) is 4.